The molecule has 0 saturated carbocycles. The third kappa shape index (κ3) is 3.26. The number of carbonyl (C=O) groups excluding carboxylic acids is 1. The highest BCUT2D eigenvalue weighted by Crippen LogP contribution is 2.20. The van der Waals surface area contributed by atoms with Crippen LogP contribution in [-0.2, 0) is 4.79 Å². The molecule has 0 aliphatic carbocycles. The van der Waals surface area contributed by atoms with Gasteiger partial charge in [-0.1, -0.05) is 13.8 Å². The second kappa shape index (κ2) is 5.27. The van der Waals surface area contributed by atoms with Crippen molar-refractivity contribution >= 4 is 23.2 Å². The normalized spacial score (nSPS) is 12.5. The number of thiophene rings is 1. The van der Waals surface area contributed by atoms with E-state index in [9.17, 15) is 14.0 Å². The minimum absolute atomic E-state index is 0.217. The van der Waals surface area contributed by atoms with E-state index in [0.29, 0.717) is 16.9 Å². The van der Waals surface area contributed by atoms with Crippen molar-refractivity contribution in [1.82, 2.24) is 5.32 Å². The van der Waals surface area contributed by atoms with Gasteiger partial charge in [-0.05, 0) is 24.5 Å². The predicted molar refractivity (Wildman–Crippen MR) is 62.7 cm³/mol. The van der Waals surface area contributed by atoms with Crippen LogP contribution in [0.5, 0.6) is 0 Å². The zero-order valence-electron chi connectivity index (χ0n) is 9.78. The molecule has 1 amide bonds. The van der Waals surface area contributed by atoms with Crippen molar-refractivity contribution in [2.45, 2.75) is 26.8 Å². The number of amides is 1. The Kier molecular flexibility index (Phi) is 4.22. The van der Waals surface area contributed by atoms with E-state index in [2.05, 4.69) is 5.32 Å². The third-order valence-corrected chi connectivity index (χ3v) is 3.34. The van der Waals surface area contributed by atoms with E-state index in [-0.39, 0.29) is 10.8 Å². The number of rotatable bonds is 4. The molecule has 0 bridgehead atoms. The quantitative estimate of drug-likeness (QED) is 0.869. The number of nitrogens with one attached hydrogen (secondary N) is 1. The standard InChI is InChI=1S/C11H14FNO3S/c1-5(2)8(11(15)16)13-10(14)9-6(3)4-7(12)17-9/h4-5,8H,1-3H3,(H,13,14)(H,15,16). The summed E-state index contributed by atoms with van der Waals surface area (Å²) >= 11 is 0.716. The molecule has 0 spiro atoms. The lowest BCUT2D eigenvalue weighted by molar-refractivity contribution is -0.140. The van der Waals surface area contributed by atoms with Crippen LogP contribution < -0.4 is 5.32 Å². The maximum absolute atomic E-state index is 12.9. The van der Waals surface area contributed by atoms with Crippen molar-refractivity contribution < 1.29 is 19.1 Å². The van der Waals surface area contributed by atoms with Crippen LogP contribution >= 0.6 is 11.3 Å². The molecule has 6 heteroatoms. The molecule has 1 aromatic rings. The smallest absolute Gasteiger partial charge is 0.326 e. The number of aryl methyl sites for hydroxylation is 1. The summed E-state index contributed by atoms with van der Waals surface area (Å²) in [4.78, 5) is 22.9. The van der Waals surface area contributed by atoms with E-state index in [0.717, 1.165) is 0 Å². The molecule has 4 nitrogen and oxygen atoms in total. The second-order valence-corrected chi connectivity index (χ2v) is 5.10. The Morgan fingerprint density at radius 1 is 1.47 bits per heavy atom. The fraction of sp³-hybridized carbons (Fsp3) is 0.455. The van der Waals surface area contributed by atoms with Gasteiger partial charge in [0.25, 0.3) is 5.91 Å². The highest BCUT2D eigenvalue weighted by Gasteiger charge is 2.25. The van der Waals surface area contributed by atoms with Gasteiger partial charge < -0.3 is 10.4 Å². The van der Waals surface area contributed by atoms with Gasteiger partial charge in [-0.25, -0.2) is 4.79 Å². The van der Waals surface area contributed by atoms with Gasteiger partial charge >= 0.3 is 5.97 Å². The van der Waals surface area contributed by atoms with Gasteiger partial charge in [0.15, 0.2) is 5.13 Å². The van der Waals surface area contributed by atoms with Crippen molar-refractivity contribution in [2.24, 2.45) is 5.92 Å². The number of aliphatic carboxylic acids is 1. The number of carboxylic acid groups (broad SMARTS) is 1. The van der Waals surface area contributed by atoms with Gasteiger partial charge in [0.1, 0.15) is 6.04 Å². The maximum atomic E-state index is 12.9. The molecule has 1 heterocycles. The van der Waals surface area contributed by atoms with Gasteiger partial charge in [0.2, 0.25) is 0 Å². The lowest BCUT2D eigenvalue weighted by atomic mass is 10.0. The van der Waals surface area contributed by atoms with E-state index in [4.69, 9.17) is 5.11 Å². The van der Waals surface area contributed by atoms with E-state index in [1.807, 2.05) is 0 Å². The molecule has 2 N–H and O–H groups in total. The van der Waals surface area contributed by atoms with Gasteiger partial charge in [-0.15, -0.1) is 11.3 Å². The third-order valence-electron chi connectivity index (χ3n) is 2.31. The monoisotopic (exact) mass is 259 g/mol. The van der Waals surface area contributed by atoms with Gasteiger partial charge in [0, 0.05) is 0 Å². The first-order valence-corrected chi connectivity index (χ1v) is 5.94. The van der Waals surface area contributed by atoms with E-state index >= 15 is 0 Å². The van der Waals surface area contributed by atoms with E-state index < -0.39 is 23.0 Å². The fourth-order valence-electron chi connectivity index (χ4n) is 1.39. The molecule has 0 fully saturated rings. The van der Waals surface area contributed by atoms with Gasteiger partial charge in [-0.3, -0.25) is 4.79 Å². The average molecular weight is 259 g/mol. The summed E-state index contributed by atoms with van der Waals surface area (Å²) in [6, 6.07) is 0.289. The minimum Gasteiger partial charge on any atom is -0.480 e. The summed E-state index contributed by atoms with van der Waals surface area (Å²) in [5.41, 5.74) is 0.512. The van der Waals surface area contributed by atoms with Crippen molar-refractivity contribution in [1.29, 1.82) is 0 Å². The van der Waals surface area contributed by atoms with Gasteiger partial charge in [0.05, 0.1) is 4.88 Å². The Morgan fingerprint density at radius 3 is 2.41 bits per heavy atom. The molecular formula is C11H14FNO3S. The van der Waals surface area contributed by atoms with Crippen LogP contribution in [-0.4, -0.2) is 23.0 Å². The minimum atomic E-state index is -1.09. The van der Waals surface area contributed by atoms with Crippen molar-refractivity contribution in [3.63, 3.8) is 0 Å². The Morgan fingerprint density at radius 2 is 2.06 bits per heavy atom. The van der Waals surface area contributed by atoms with Crippen LogP contribution in [0.1, 0.15) is 29.1 Å². The first-order chi connectivity index (χ1) is 7.82. The van der Waals surface area contributed by atoms with Crippen molar-refractivity contribution in [3.8, 4) is 0 Å². The average Bonchev–Trinajstić information content (AvgIpc) is 2.53. The number of hydrogen-bond donors (Lipinski definition) is 2. The second-order valence-electron chi connectivity index (χ2n) is 4.10. The molecule has 94 valence electrons. The first-order valence-electron chi connectivity index (χ1n) is 5.12. The molecule has 1 rings (SSSR count). The summed E-state index contributed by atoms with van der Waals surface area (Å²) in [5, 5.41) is 10.9. The van der Waals surface area contributed by atoms with Crippen LogP contribution in [0, 0.1) is 18.0 Å². The molecule has 0 saturated heterocycles. The molecule has 1 atom stereocenters. The van der Waals surface area contributed by atoms with Crippen molar-refractivity contribution in [2.75, 3.05) is 0 Å². The van der Waals surface area contributed by atoms with E-state index in [1.165, 1.54) is 6.07 Å². The van der Waals surface area contributed by atoms with Crippen molar-refractivity contribution in [3.05, 3.63) is 21.6 Å². The first kappa shape index (κ1) is 13.6. The molecule has 0 radical (unpaired) electrons. The number of hydrogen-bond acceptors (Lipinski definition) is 3. The molecular weight excluding hydrogens is 245 g/mol. The van der Waals surface area contributed by atoms with Crippen LogP contribution in [0.25, 0.3) is 0 Å². The summed E-state index contributed by atoms with van der Waals surface area (Å²) in [7, 11) is 0. The zero-order chi connectivity index (χ0) is 13.2. The summed E-state index contributed by atoms with van der Waals surface area (Å²) in [5.74, 6) is -1.87. The van der Waals surface area contributed by atoms with Crippen LogP contribution in [0.3, 0.4) is 0 Å². The Balaban J connectivity index is 2.85. The topological polar surface area (TPSA) is 66.4 Å². The zero-order valence-corrected chi connectivity index (χ0v) is 10.6. The SMILES string of the molecule is Cc1cc(F)sc1C(=O)NC(C(=O)O)C(C)C. The highest BCUT2D eigenvalue weighted by atomic mass is 32.1. The van der Waals surface area contributed by atoms with Crippen LogP contribution in [0.4, 0.5) is 4.39 Å². The maximum Gasteiger partial charge on any atom is 0.326 e. The predicted octanol–water partition coefficient (Wildman–Crippen LogP) is 2.03. The van der Waals surface area contributed by atoms with E-state index in [1.54, 1.807) is 20.8 Å². The summed E-state index contributed by atoms with van der Waals surface area (Å²) in [6.45, 7) is 5.00. The lowest BCUT2D eigenvalue weighted by Crippen LogP contribution is -2.44. The largest absolute Gasteiger partial charge is 0.480 e. The number of halogens is 1. The van der Waals surface area contributed by atoms with Gasteiger partial charge in [-0.2, -0.15) is 4.39 Å². The molecule has 0 aliphatic rings. The fourth-order valence-corrected chi connectivity index (χ4v) is 2.19. The molecule has 1 aromatic heterocycles. The molecule has 0 aliphatic heterocycles. The van der Waals surface area contributed by atoms with Crippen LogP contribution in [0.15, 0.2) is 6.07 Å². The Bertz CT molecular complexity index is 442. The molecule has 1 unspecified atom stereocenters. The van der Waals surface area contributed by atoms with Crippen LogP contribution in [0.2, 0.25) is 0 Å². The summed E-state index contributed by atoms with van der Waals surface area (Å²) in [6.07, 6.45) is 0. The Labute approximate surface area is 102 Å². The number of carboxylic acids is 1. The molecule has 0 aromatic carbocycles. The lowest BCUT2D eigenvalue weighted by Gasteiger charge is -2.17. The Hall–Kier alpha value is -1.43. The number of carbonyl (C=O) groups is 2. The summed E-state index contributed by atoms with van der Waals surface area (Å²) < 4.78 is 12.9. The highest BCUT2D eigenvalue weighted by molar-refractivity contribution is 7.12. The molecule has 17 heavy (non-hydrogen) atoms.